The largest absolute Gasteiger partial charge is 0.388 e. The van der Waals surface area contributed by atoms with Crippen molar-refractivity contribution in [1.29, 1.82) is 0 Å². The van der Waals surface area contributed by atoms with Gasteiger partial charge < -0.3 is 10.6 Å². The van der Waals surface area contributed by atoms with Gasteiger partial charge in [-0.1, -0.05) is 0 Å². The first-order chi connectivity index (χ1) is 8.67. The third kappa shape index (κ3) is 3.96. The van der Waals surface area contributed by atoms with Crippen LogP contribution < -0.4 is 10.6 Å². The lowest BCUT2D eigenvalue weighted by Crippen LogP contribution is -2.43. The molecule has 0 aromatic heterocycles. The maximum absolute atomic E-state index is 11.9. The van der Waals surface area contributed by atoms with E-state index in [0.717, 1.165) is 5.69 Å². The molecule has 0 radical (unpaired) electrons. The van der Waals surface area contributed by atoms with E-state index in [4.69, 9.17) is 0 Å². The SMILES string of the molecule is CNc1ccc(C(=O)NCC(C)(C)S(C)(=O)=O)cc1. The zero-order chi connectivity index (χ0) is 14.7. The highest BCUT2D eigenvalue weighted by molar-refractivity contribution is 7.92. The molecule has 0 heterocycles. The van der Waals surface area contributed by atoms with E-state index in [1.807, 2.05) is 0 Å². The topological polar surface area (TPSA) is 75.3 Å². The van der Waals surface area contributed by atoms with Crippen molar-refractivity contribution in [1.82, 2.24) is 5.32 Å². The standard InChI is InChI=1S/C13H20N2O3S/c1-13(2,19(4,17)18)9-15-12(16)10-5-7-11(14-3)8-6-10/h5-8,14H,9H2,1-4H3,(H,15,16). The number of hydrogen-bond acceptors (Lipinski definition) is 4. The van der Waals surface area contributed by atoms with Gasteiger partial charge in [-0.25, -0.2) is 8.42 Å². The molecule has 0 saturated carbocycles. The lowest BCUT2D eigenvalue weighted by atomic mass is 10.1. The van der Waals surface area contributed by atoms with E-state index in [9.17, 15) is 13.2 Å². The van der Waals surface area contributed by atoms with Crippen molar-refractivity contribution >= 4 is 21.4 Å². The van der Waals surface area contributed by atoms with Gasteiger partial charge >= 0.3 is 0 Å². The molecule has 1 rings (SSSR count). The molecule has 0 aliphatic carbocycles. The molecular weight excluding hydrogens is 264 g/mol. The van der Waals surface area contributed by atoms with Gasteiger partial charge in [-0.05, 0) is 38.1 Å². The van der Waals surface area contributed by atoms with Gasteiger partial charge in [0.2, 0.25) is 0 Å². The van der Waals surface area contributed by atoms with Crippen molar-refractivity contribution < 1.29 is 13.2 Å². The lowest BCUT2D eigenvalue weighted by molar-refractivity contribution is 0.0950. The van der Waals surface area contributed by atoms with Crippen LogP contribution in [0.25, 0.3) is 0 Å². The number of sulfone groups is 1. The average molecular weight is 284 g/mol. The minimum atomic E-state index is -3.22. The highest BCUT2D eigenvalue weighted by atomic mass is 32.2. The Labute approximate surface area is 114 Å². The minimum Gasteiger partial charge on any atom is -0.388 e. The Morgan fingerprint density at radius 3 is 2.16 bits per heavy atom. The van der Waals surface area contributed by atoms with E-state index in [2.05, 4.69) is 10.6 Å². The number of hydrogen-bond donors (Lipinski definition) is 2. The highest BCUT2D eigenvalue weighted by Gasteiger charge is 2.30. The van der Waals surface area contributed by atoms with Crippen LogP contribution in [0.1, 0.15) is 24.2 Å². The van der Waals surface area contributed by atoms with Crippen LogP contribution in [-0.2, 0) is 9.84 Å². The molecule has 0 unspecified atom stereocenters. The molecule has 0 saturated heterocycles. The van der Waals surface area contributed by atoms with E-state index in [1.165, 1.54) is 6.26 Å². The number of benzene rings is 1. The monoisotopic (exact) mass is 284 g/mol. The zero-order valence-electron chi connectivity index (χ0n) is 11.6. The van der Waals surface area contributed by atoms with E-state index in [-0.39, 0.29) is 12.5 Å². The van der Waals surface area contributed by atoms with Crippen LogP contribution in [0.4, 0.5) is 5.69 Å². The van der Waals surface area contributed by atoms with Gasteiger partial charge in [-0.2, -0.15) is 0 Å². The third-order valence-electron chi connectivity index (χ3n) is 3.11. The van der Waals surface area contributed by atoms with Gasteiger partial charge in [0.15, 0.2) is 9.84 Å². The summed E-state index contributed by atoms with van der Waals surface area (Å²) in [5.41, 5.74) is 1.41. The molecule has 0 spiro atoms. The summed E-state index contributed by atoms with van der Waals surface area (Å²) in [6.07, 6.45) is 1.17. The smallest absolute Gasteiger partial charge is 0.251 e. The summed E-state index contributed by atoms with van der Waals surface area (Å²) in [7, 11) is -1.42. The molecule has 0 fully saturated rings. The van der Waals surface area contributed by atoms with Crippen molar-refractivity contribution in [3.8, 4) is 0 Å². The molecule has 1 amide bonds. The molecule has 0 atom stereocenters. The Hall–Kier alpha value is -1.56. The first-order valence-corrected chi connectivity index (χ1v) is 7.82. The van der Waals surface area contributed by atoms with Crippen LogP contribution in [0.5, 0.6) is 0 Å². The molecular formula is C13H20N2O3S. The normalized spacial score (nSPS) is 12.0. The number of amides is 1. The summed E-state index contributed by atoms with van der Waals surface area (Å²) in [5.74, 6) is -0.278. The Kier molecular flexibility index (Phi) is 4.57. The van der Waals surface area contributed by atoms with Crippen molar-refractivity contribution in [3.63, 3.8) is 0 Å². The van der Waals surface area contributed by atoms with Crippen LogP contribution >= 0.6 is 0 Å². The van der Waals surface area contributed by atoms with Gasteiger partial charge in [0, 0.05) is 31.1 Å². The molecule has 19 heavy (non-hydrogen) atoms. The molecule has 1 aromatic rings. The van der Waals surface area contributed by atoms with Gasteiger partial charge in [-0.3, -0.25) is 4.79 Å². The lowest BCUT2D eigenvalue weighted by Gasteiger charge is -2.22. The van der Waals surface area contributed by atoms with Crippen molar-refractivity contribution in [3.05, 3.63) is 29.8 Å². The molecule has 2 N–H and O–H groups in total. The second kappa shape index (κ2) is 5.61. The Bertz CT molecular complexity index is 548. The fourth-order valence-corrected chi connectivity index (χ4v) is 1.65. The van der Waals surface area contributed by atoms with Crippen molar-refractivity contribution in [2.24, 2.45) is 0 Å². The predicted octanol–water partition coefficient (Wildman–Crippen LogP) is 1.28. The predicted molar refractivity (Wildman–Crippen MR) is 77.2 cm³/mol. The van der Waals surface area contributed by atoms with Gasteiger partial charge in [0.1, 0.15) is 0 Å². The molecule has 106 valence electrons. The minimum absolute atomic E-state index is 0.0818. The Balaban J connectivity index is 2.70. The van der Waals surface area contributed by atoms with Crippen LogP contribution in [0.2, 0.25) is 0 Å². The average Bonchev–Trinajstić information content (AvgIpc) is 2.35. The zero-order valence-corrected chi connectivity index (χ0v) is 12.5. The summed E-state index contributed by atoms with van der Waals surface area (Å²) in [5, 5.41) is 5.60. The quantitative estimate of drug-likeness (QED) is 0.854. The number of nitrogens with one attached hydrogen (secondary N) is 2. The fourth-order valence-electron chi connectivity index (χ4n) is 1.31. The Morgan fingerprint density at radius 1 is 1.21 bits per heavy atom. The van der Waals surface area contributed by atoms with Crippen molar-refractivity contribution in [2.75, 3.05) is 25.2 Å². The fraction of sp³-hybridized carbons (Fsp3) is 0.462. The second-order valence-electron chi connectivity index (χ2n) is 5.04. The van der Waals surface area contributed by atoms with Crippen LogP contribution in [0.15, 0.2) is 24.3 Å². The van der Waals surface area contributed by atoms with Gasteiger partial charge in [0.25, 0.3) is 5.91 Å². The number of carbonyl (C=O) groups is 1. The van der Waals surface area contributed by atoms with E-state index < -0.39 is 14.6 Å². The first-order valence-electron chi connectivity index (χ1n) is 5.93. The molecule has 0 aliphatic rings. The van der Waals surface area contributed by atoms with Crippen LogP contribution in [0, 0.1) is 0 Å². The third-order valence-corrected chi connectivity index (χ3v) is 5.27. The van der Waals surface area contributed by atoms with Crippen molar-refractivity contribution in [2.45, 2.75) is 18.6 Å². The summed E-state index contributed by atoms with van der Waals surface area (Å²) >= 11 is 0. The molecule has 0 aliphatic heterocycles. The molecule has 0 bridgehead atoms. The van der Waals surface area contributed by atoms with E-state index in [1.54, 1.807) is 45.2 Å². The summed E-state index contributed by atoms with van der Waals surface area (Å²) < 4.78 is 22.1. The maximum atomic E-state index is 11.9. The van der Waals surface area contributed by atoms with Crippen LogP contribution in [-0.4, -0.2) is 38.9 Å². The van der Waals surface area contributed by atoms with Gasteiger partial charge in [0.05, 0.1) is 4.75 Å². The number of rotatable bonds is 5. The second-order valence-corrected chi connectivity index (χ2v) is 7.69. The summed E-state index contributed by atoms with van der Waals surface area (Å²) in [6.45, 7) is 3.26. The van der Waals surface area contributed by atoms with E-state index in [0.29, 0.717) is 5.56 Å². The molecule has 5 nitrogen and oxygen atoms in total. The molecule has 6 heteroatoms. The van der Waals surface area contributed by atoms with Gasteiger partial charge in [-0.15, -0.1) is 0 Å². The summed E-state index contributed by atoms with van der Waals surface area (Å²) in [6, 6.07) is 6.95. The maximum Gasteiger partial charge on any atom is 0.251 e. The number of anilines is 1. The molecule has 1 aromatic carbocycles. The number of carbonyl (C=O) groups excluding carboxylic acids is 1. The van der Waals surface area contributed by atoms with Crippen LogP contribution in [0.3, 0.4) is 0 Å². The first kappa shape index (κ1) is 15.5. The highest BCUT2D eigenvalue weighted by Crippen LogP contribution is 2.14. The Morgan fingerprint density at radius 2 is 1.74 bits per heavy atom. The summed E-state index contributed by atoms with van der Waals surface area (Å²) in [4.78, 5) is 11.9. The van der Waals surface area contributed by atoms with E-state index >= 15 is 0 Å².